The molecule has 2 aromatic heterocycles. The van der Waals surface area contributed by atoms with Gasteiger partial charge in [-0.15, -0.1) is 11.3 Å². The molecular weight excluding hydrogens is 627 g/mol. The number of rotatable bonds is 12. The van der Waals surface area contributed by atoms with Crippen LogP contribution >= 0.6 is 11.3 Å². The molecule has 0 saturated carbocycles. The zero-order valence-corrected chi connectivity index (χ0v) is 28.7. The number of morpholine rings is 1. The van der Waals surface area contributed by atoms with E-state index in [0.29, 0.717) is 60.9 Å². The van der Waals surface area contributed by atoms with Gasteiger partial charge in [0.05, 0.1) is 35.4 Å². The Hall–Kier alpha value is -3.61. The van der Waals surface area contributed by atoms with Crippen LogP contribution in [-0.2, 0) is 17.7 Å². The minimum atomic E-state index is -0.786. The second-order valence-electron chi connectivity index (χ2n) is 13.2. The van der Waals surface area contributed by atoms with Gasteiger partial charge in [-0.1, -0.05) is 44.2 Å². The van der Waals surface area contributed by atoms with E-state index in [-0.39, 0.29) is 22.8 Å². The first kappa shape index (κ1) is 34.3. The number of thiazole rings is 1. The largest absolute Gasteiger partial charge is 0.506 e. The summed E-state index contributed by atoms with van der Waals surface area (Å²) >= 11 is 1.61. The molecule has 4 aromatic rings. The van der Waals surface area contributed by atoms with Crippen molar-refractivity contribution < 1.29 is 19.7 Å². The van der Waals surface area contributed by atoms with E-state index in [4.69, 9.17) is 9.72 Å². The number of benzene rings is 2. The van der Waals surface area contributed by atoms with Gasteiger partial charge in [-0.05, 0) is 67.5 Å². The van der Waals surface area contributed by atoms with E-state index in [1.165, 1.54) is 23.3 Å². The van der Waals surface area contributed by atoms with E-state index in [1.54, 1.807) is 23.5 Å². The smallest absolute Gasteiger partial charge is 0.273 e. The standard InChI is InChI=1S/C37H47N5O5S/c1-3-27(4-2)35-39-30(23-48-35)36(46)42-18-19-47-37(24-42)13-16-41(17-14-37)22-26-7-5-6-25(20-26)12-15-38-21-32(44)28-8-10-31(43)34-29(28)9-11-33(45)40-34/h5-11,20,23,27,32,38,43-44H,3-4,12-19,21-22,24H2,1-2H3,(H,40,45). The molecule has 6 rings (SSSR count). The summed E-state index contributed by atoms with van der Waals surface area (Å²) in [4.78, 5) is 36.9. The van der Waals surface area contributed by atoms with Crippen molar-refractivity contribution in [2.75, 3.05) is 45.9 Å². The number of nitrogens with zero attached hydrogens (tertiary/aromatic N) is 3. The minimum Gasteiger partial charge on any atom is -0.506 e. The molecule has 256 valence electrons. The third kappa shape index (κ3) is 7.82. The first-order chi connectivity index (χ1) is 23.3. The maximum atomic E-state index is 13.4. The lowest BCUT2D eigenvalue weighted by molar-refractivity contribution is -0.128. The first-order valence-corrected chi connectivity index (χ1v) is 18.1. The molecule has 2 fully saturated rings. The summed E-state index contributed by atoms with van der Waals surface area (Å²) in [5.74, 6) is 0.429. The SMILES string of the molecule is CCC(CC)c1nc(C(=O)N2CCOC3(CCN(Cc4cccc(CCNCC(O)c5ccc(O)c6[nH]c(=O)ccc56)c4)CC3)C2)cs1. The van der Waals surface area contributed by atoms with E-state index < -0.39 is 6.10 Å². The number of H-pyrrole nitrogens is 1. The molecule has 0 radical (unpaired) electrons. The van der Waals surface area contributed by atoms with Gasteiger partial charge in [-0.2, -0.15) is 0 Å². The number of aromatic nitrogens is 2. The highest BCUT2D eigenvalue weighted by Crippen LogP contribution is 2.33. The number of aliphatic hydroxyl groups excluding tert-OH is 1. The first-order valence-electron chi connectivity index (χ1n) is 17.2. The summed E-state index contributed by atoms with van der Waals surface area (Å²) in [7, 11) is 0. The molecule has 2 saturated heterocycles. The number of hydrogen-bond donors (Lipinski definition) is 4. The molecule has 11 heteroatoms. The number of piperidine rings is 1. The molecule has 2 aliphatic rings. The number of pyridine rings is 1. The number of carbonyl (C=O) groups is 1. The van der Waals surface area contributed by atoms with Crippen molar-refractivity contribution in [3.8, 4) is 5.75 Å². The monoisotopic (exact) mass is 673 g/mol. The Bertz CT molecular complexity index is 1760. The quantitative estimate of drug-likeness (QED) is 0.155. The topological polar surface area (TPSA) is 131 Å². The fraction of sp³-hybridized carbons (Fsp3) is 0.486. The van der Waals surface area contributed by atoms with Crippen LogP contribution in [-0.4, -0.2) is 87.4 Å². The second-order valence-corrected chi connectivity index (χ2v) is 14.1. The number of nitrogens with one attached hydrogen (secondary N) is 2. The van der Waals surface area contributed by atoms with Crippen LogP contribution in [0.2, 0.25) is 0 Å². The van der Waals surface area contributed by atoms with Crippen LogP contribution in [0.3, 0.4) is 0 Å². The zero-order valence-electron chi connectivity index (χ0n) is 27.9. The van der Waals surface area contributed by atoms with E-state index in [9.17, 15) is 19.8 Å². The number of ether oxygens (including phenoxy) is 1. The molecule has 1 unspecified atom stereocenters. The van der Waals surface area contributed by atoms with Crippen LogP contribution in [0.25, 0.3) is 10.9 Å². The Kier molecular flexibility index (Phi) is 10.9. The van der Waals surface area contributed by atoms with Crippen molar-refractivity contribution in [3.63, 3.8) is 0 Å². The predicted octanol–water partition coefficient (Wildman–Crippen LogP) is 4.97. The summed E-state index contributed by atoms with van der Waals surface area (Å²) < 4.78 is 6.36. The lowest BCUT2D eigenvalue weighted by Gasteiger charge is -2.47. The van der Waals surface area contributed by atoms with E-state index in [1.807, 2.05) is 10.3 Å². The third-order valence-corrected chi connectivity index (χ3v) is 11.0. The number of fused-ring (bicyclic) bond motifs is 1. The molecule has 10 nitrogen and oxygen atoms in total. The Morgan fingerprint density at radius 2 is 1.90 bits per heavy atom. The van der Waals surface area contributed by atoms with Gasteiger partial charge in [-0.3, -0.25) is 14.5 Å². The van der Waals surface area contributed by atoms with Crippen molar-refractivity contribution in [1.29, 1.82) is 0 Å². The lowest BCUT2D eigenvalue weighted by Crippen LogP contribution is -2.58. The number of phenolic OH excluding ortho intramolecular Hbond substituents is 1. The van der Waals surface area contributed by atoms with Crippen LogP contribution in [0.1, 0.15) is 83.7 Å². The normalized spacial score (nSPS) is 17.4. The molecule has 4 N–H and O–H groups in total. The number of aromatic hydroxyl groups is 1. The summed E-state index contributed by atoms with van der Waals surface area (Å²) in [6, 6.07) is 14.9. The predicted molar refractivity (Wildman–Crippen MR) is 189 cm³/mol. The highest BCUT2D eigenvalue weighted by atomic mass is 32.1. The molecule has 1 spiro atoms. The van der Waals surface area contributed by atoms with Crippen molar-refractivity contribution in [2.24, 2.45) is 0 Å². The van der Waals surface area contributed by atoms with E-state index in [2.05, 4.69) is 53.3 Å². The van der Waals surface area contributed by atoms with Crippen molar-refractivity contribution in [1.82, 2.24) is 25.1 Å². The number of likely N-dealkylation sites (tertiary alicyclic amines) is 1. The molecule has 4 heterocycles. The fourth-order valence-electron chi connectivity index (χ4n) is 7.09. The van der Waals surface area contributed by atoms with Gasteiger partial charge in [0.25, 0.3) is 5.91 Å². The van der Waals surface area contributed by atoms with Gasteiger partial charge in [0.1, 0.15) is 11.4 Å². The molecule has 2 aliphatic heterocycles. The lowest BCUT2D eigenvalue weighted by atomic mass is 9.89. The number of carbonyl (C=O) groups excluding carboxylic acids is 1. The average molecular weight is 674 g/mol. The van der Waals surface area contributed by atoms with Crippen LogP contribution < -0.4 is 10.9 Å². The number of phenols is 1. The number of aromatic amines is 1. The Balaban J connectivity index is 0.968. The minimum absolute atomic E-state index is 0.0191. The van der Waals surface area contributed by atoms with Crippen molar-refractivity contribution >= 4 is 28.1 Å². The summed E-state index contributed by atoms with van der Waals surface area (Å²) in [6.07, 6.45) is 3.90. The van der Waals surface area contributed by atoms with Gasteiger partial charge < -0.3 is 30.2 Å². The Labute approximate surface area is 285 Å². The molecule has 2 aromatic carbocycles. The average Bonchev–Trinajstić information content (AvgIpc) is 3.59. The summed E-state index contributed by atoms with van der Waals surface area (Å²) in [6.45, 7) is 9.90. The number of aliphatic hydroxyl groups is 1. The highest BCUT2D eigenvalue weighted by molar-refractivity contribution is 7.09. The van der Waals surface area contributed by atoms with Crippen LogP contribution in [0, 0.1) is 0 Å². The highest BCUT2D eigenvalue weighted by Gasteiger charge is 2.41. The Morgan fingerprint density at radius 3 is 2.69 bits per heavy atom. The molecular formula is C37H47N5O5S. The molecule has 0 bridgehead atoms. The third-order valence-electron chi connectivity index (χ3n) is 9.97. The number of hydrogen-bond acceptors (Lipinski definition) is 9. The van der Waals surface area contributed by atoms with E-state index >= 15 is 0 Å². The van der Waals surface area contributed by atoms with Crippen LogP contribution in [0.4, 0.5) is 0 Å². The van der Waals surface area contributed by atoms with Crippen LogP contribution in [0.5, 0.6) is 5.75 Å². The van der Waals surface area contributed by atoms with E-state index in [0.717, 1.165) is 56.7 Å². The molecule has 48 heavy (non-hydrogen) atoms. The Morgan fingerprint density at radius 1 is 1.10 bits per heavy atom. The maximum Gasteiger partial charge on any atom is 0.273 e. The summed E-state index contributed by atoms with van der Waals surface area (Å²) in [5, 5.41) is 28.0. The summed E-state index contributed by atoms with van der Waals surface area (Å²) in [5.41, 5.74) is 3.47. The molecule has 1 atom stereocenters. The van der Waals surface area contributed by atoms with Gasteiger partial charge in [0, 0.05) is 55.5 Å². The molecule has 1 amide bonds. The van der Waals surface area contributed by atoms with Gasteiger partial charge in [0.2, 0.25) is 5.56 Å². The number of amides is 1. The van der Waals surface area contributed by atoms with Crippen molar-refractivity contribution in [2.45, 2.75) is 70.1 Å². The van der Waals surface area contributed by atoms with Crippen LogP contribution in [0.15, 0.2) is 58.7 Å². The van der Waals surface area contributed by atoms with Gasteiger partial charge in [0.15, 0.2) is 0 Å². The zero-order chi connectivity index (χ0) is 33.7. The van der Waals surface area contributed by atoms with Crippen molar-refractivity contribution in [3.05, 3.63) is 91.7 Å². The van der Waals surface area contributed by atoms with Gasteiger partial charge >= 0.3 is 0 Å². The maximum absolute atomic E-state index is 13.4. The molecule has 0 aliphatic carbocycles. The second kappa shape index (κ2) is 15.3. The fourth-order valence-corrected chi connectivity index (χ4v) is 8.15. The van der Waals surface area contributed by atoms with Gasteiger partial charge in [-0.25, -0.2) is 4.98 Å².